The second-order valence-corrected chi connectivity index (χ2v) is 6.67. The molecule has 3 heterocycles. The number of rotatable bonds is 3. The molecule has 0 saturated carbocycles. The Labute approximate surface area is 131 Å². The van der Waals surface area contributed by atoms with Crippen molar-refractivity contribution in [2.45, 2.75) is 32.7 Å². The van der Waals surface area contributed by atoms with Gasteiger partial charge in [0, 0.05) is 38.3 Å². The van der Waals surface area contributed by atoms with Crippen LogP contribution in [0.4, 0.5) is 0 Å². The standard InChI is InChI=1S/C16H25N3O3/c1-11(2)13-8-15(22-17-13)16(20)19-9-12(3)14(10-19)18-4-6-21-7-5-18/h8,11-12,14H,4-7,9-10H2,1-3H3/t12-,14+/m0/s1. The van der Waals surface area contributed by atoms with E-state index in [9.17, 15) is 4.79 Å². The molecule has 0 N–H and O–H groups in total. The van der Waals surface area contributed by atoms with E-state index >= 15 is 0 Å². The fraction of sp³-hybridized carbons (Fsp3) is 0.750. The molecule has 0 aromatic carbocycles. The molecule has 6 heteroatoms. The van der Waals surface area contributed by atoms with E-state index in [0.29, 0.717) is 17.7 Å². The molecule has 0 unspecified atom stereocenters. The van der Waals surface area contributed by atoms with E-state index in [-0.39, 0.29) is 11.8 Å². The van der Waals surface area contributed by atoms with Crippen molar-refractivity contribution >= 4 is 5.91 Å². The summed E-state index contributed by atoms with van der Waals surface area (Å²) in [6, 6.07) is 2.19. The summed E-state index contributed by atoms with van der Waals surface area (Å²) in [6.45, 7) is 11.3. The van der Waals surface area contributed by atoms with Gasteiger partial charge < -0.3 is 14.2 Å². The summed E-state index contributed by atoms with van der Waals surface area (Å²) < 4.78 is 10.7. The average Bonchev–Trinajstić information content (AvgIpc) is 3.14. The molecule has 1 amide bonds. The molecule has 2 aliphatic heterocycles. The summed E-state index contributed by atoms with van der Waals surface area (Å²) in [6.07, 6.45) is 0. The van der Waals surface area contributed by atoms with Crippen LogP contribution in [0.25, 0.3) is 0 Å². The number of hydrogen-bond donors (Lipinski definition) is 0. The molecule has 22 heavy (non-hydrogen) atoms. The van der Waals surface area contributed by atoms with Gasteiger partial charge in [-0.15, -0.1) is 0 Å². The monoisotopic (exact) mass is 307 g/mol. The summed E-state index contributed by atoms with van der Waals surface area (Å²) in [5.41, 5.74) is 0.834. The first-order chi connectivity index (χ1) is 10.6. The minimum absolute atomic E-state index is 0.0398. The lowest BCUT2D eigenvalue weighted by Crippen LogP contribution is -2.47. The zero-order valence-electron chi connectivity index (χ0n) is 13.6. The molecule has 2 atom stereocenters. The maximum absolute atomic E-state index is 12.6. The van der Waals surface area contributed by atoms with E-state index in [1.165, 1.54) is 0 Å². The number of hydrogen-bond acceptors (Lipinski definition) is 5. The molecule has 0 radical (unpaired) electrons. The third-order valence-corrected chi connectivity index (χ3v) is 4.71. The van der Waals surface area contributed by atoms with E-state index < -0.39 is 0 Å². The van der Waals surface area contributed by atoms with Crippen LogP contribution in [0.1, 0.15) is 42.9 Å². The highest BCUT2D eigenvalue weighted by atomic mass is 16.5. The van der Waals surface area contributed by atoms with Crippen LogP contribution in [0.15, 0.2) is 10.6 Å². The quantitative estimate of drug-likeness (QED) is 0.849. The second-order valence-electron chi connectivity index (χ2n) is 6.67. The predicted octanol–water partition coefficient (Wildman–Crippen LogP) is 1.59. The van der Waals surface area contributed by atoms with Crippen LogP contribution < -0.4 is 0 Å². The van der Waals surface area contributed by atoms with Crippen molar-refractivity contribution in [2.24, 2.45) is 5.92 Å². The predicted molar refractivity (Wildman–Crippen MR) is 81.8 cm³/mol. The number of nitrogens with zero attached hydrogens (tertiary/aromatic N) is 3. The van der Waals surface area contributed by atoms with Crippen molar-refractivity contribution in [1.82, 2.24) is 15.0 Å². The lowest BCUT2D eigenvalue weighted by molar-refractivity contribution is 0.0118. The zero-order chi connectivity index (χ0) is 15.7. The van der Waals surface area contributed by atoms with Gasteiger partial charge in [-0.25, -0.2) is 0 Å². The summed E-state index contributed by atoms with van der Waals surface area (Å²) in [5.74, 6) is 1.05. The molecule has 0 spiro atoms. The molecule has 2 fully saturated rings. The molecule has 3 rings (SSSR count). The number of carbonyl (C=O) groups is 1. The summed E-state index contributed by atoms with van der Waals surface area (Å²) >= 11 is 0. The van der Waals surface area contributed by atoms with Gasteiger partial charge in [0.2, 0.25) is 5.76 Å². The van der Waals surface area contributed by atoms with Gasteiger partial charge in [-0.05, 0) is 11.8 Å². The van der Waals surface area contributed by atoms with Crippen LogP contribution >= 0.6 is 0 Å². The molecule has 2 aliphatic rings. The van der Waals surface area contributed by atoms with Crippen molar-refractivity contribution in [3.8, 4) is 0 Å². The first-order valence-electron chi connectivity index (χ1n) is 8.14. The van der Waals surface area contributed by atoms with Gasteiger partial charge in [0.15, 0.2) is 0 Å². The Morgan fingerprint density at radius 2 is 2.05 bits per heavy atom. The van der Waals surface area contributed by atoms with Crippen LogP contribution in [0.5, 0.6) is 0 Å². The third kappa shape index (κ3) is 3.03. The Bertz CT molecular complexity index is 522. The van der Waals surface area contributed by atoms with Gasteiger partial charge in [0.25, 0.3) is 5.91 Å². The fourth-order valence-corrected chi connectivity index (χ4v) is 3.32. The molecular formula is C16H25N3O3. The van der Waals surface area contributed by atoms with E-state index in [4.69, 9.17) is 9.26 Å². The Morgan fingerprint density at radius 3 is 2.68 bits per heavy atom. The first-order valence-corrected chi connectivity index (χ1v) is 8.14. The fourth-order valence-electron chi connectivity index (χ4n) is 3.32. The van der Waals surface area contributed by atoms with E-state index in [1.807, 2.05) is 18.7 Å². The number of morpholine rings is 1. The molecule has 0 bridgehead atoms. The average molecular weight is 307 g/mol. The highest BCUT2D eigenvalue weighted by molar-refractivity contribution is 5.91. The van der Waals surface area contributed by atoms with E-state index in [1.54, 1.807) is 6.07 Å². The Balaban J connectivity index is 1.66. The molecule has 1 aromatic heterocycles. The zero-order valence-corrected chi connectivity index (χ0v) is 13.6. The SMILES string of the molecule is CC(C)c1cc(C(=O)N2C[C@@H](N3CCOCC3)[C@@H](C)C2)on1. The van der Waals surface area contributed by atoms with Crippen molar-refractivity contribution in [3.63, 3.8) is 0 Å². The molecule has 6 nitrogen and oxygen atoms in total. The maximum atomic E-state index is 12.6. The second kappa shape index (κ2) is 6.38. The Kier molecular flexibility index (Phi) is 4.49. The number of aromatic nitrogens is 1. The Hall–Kier alpha value is -1.40. The topological polar surface area (TPSA) is 58.8 Å². The minimum Gasteiger partial charge on any atom is -0.379 e. The lowest BCUT2D eigenvalue weighted by Gasteiger charge is -2.33. The van der Waals surface area contributed by atoms with E-state index in [0.717, 1.165) is 45.1 Å². The van der Waals surface area contributed by atoms with Gasteiger partial charge in [0.1, 0.15) is 0 Å². The summed E-state index contributed by atoms with van der Waals surface area (Å²) in [7, 11) is 0. The number of carbonyl (C=O) groups excluding carboxylic acids is 1. The highest BCUT2D eigenvalue weighted by Gasteiger charge is 2.37. The van der Waals surface area contributed by atoms with Crippen LogP contribution in [0.2, 0.25) is 0 Å². The maximum Gasteiger partial charge on any atom is 0.292 e. The number of amides is 1. The van der Waals surface area contributed by atoms with Crippen molar-refractivity contribution in [2.75, 3.05) is 39.4 Å². The molecule has 122 valence electrons. The third-order valence-electron chi connectivity index (χ3n) is 4.71. The molecule has 2 saturated heterocycles. The molecule has 1 aromatic rings. The van der Waals surface area contributed by atoms with Crippen LogP contribution in [0, 0.1) is 5.92 Å². The highest BCUT2D eigenvalue weighted by Crippen LogP contribution is 2.25. The summed E-state index contributed by atoms with van der Waals surface area (Å²) in [5, 5.41) is 3.99. The van der Waals surface area contributed by atoms with Gasteiger partial charge >= 0.3 is 0 Å². The van der Waals surface area contributed by atoms with Gasteiger partial charge in [0.05, 0.1) is 18.9 Å². The Morgan fingerprint density at radius 1 is 1.32 bits per heavy atom. The van der Waals surface area contributed by atoms with Crippen LogP contribution in [-0.4, -0.2) is 66.3 Å². The largest absolute Gasteiger partial charge is 0.379 e. The number of likely N-dealkylation sites (tertiary alicyclic amines) is 1. The van der Waals surface area contributed by atoms with Gasteiger partial charge in [-0.3, -0.25) is 9.69 Å². The molecular weight excluding hydrogens is 282 g/mol. The van der Waals surface area contributed by atoms with Crippen molar-refractivity contribution in [1.29, 1.82) is 0 Å². The van der Waals surface area contributed by atoms with Gasteiger partial charge in [-0.2, -0.15) is 0 Å². The minimum atomic E-state index is -0.0398. The van der Waals surface area contributed by atoms with Crippen LogP contribution in [-0.2, 0) is 4.74 Å². The lowest BCUT2D eigenvalue weighted by atomic mass is 10.0. The van der Waals surface area contributed by atoms with E-state index in [2.05, 4.69) is 17.0 Å². The number of ether oxygens (including phenoxy) is 1. The smallest absolute Gasteiger partial charge is 0.292 e. The van der Waals surface area contributed by atoms with Crippen molar-refractivity contribution < 1.29 is 14.1 Å². The first kappa shape index (κ1) is 15.5. The van der Waals surface area contributed by atoms with Gasteiger partial charge in [-0.1, -0.05) is 25.9 Å². The van der Waals surface area contributed by atoms with Crippen molar-refractivity contribution in [3.05, 3.63) is 17.5 Å². The molecule has 0 aliphatic carbocycles. The summed E-state index contributed by atoms with van der Waals surface area (Å²) in [4.78, 5) is 16.9. The van der Waals surface area contributed by atoms with Crippen LogP contribution in [0.3, 0.4) is 0 Å². The normalized spacial score (nSPS) is 26.8.